The fraction of sp³-hybridized carbons (Fsp3) is 0.158. The molecule has 154 valence electrons. The van der Waals surface area contributed by atoms with Crippen LogP contribution in [0.1, 0.15) is 22.7 Å². The number of nitrogens with zero attached hydrogens (tertiary/aromatic N) is 3. The molecule has 3 aromatic rings. The number of non-ortho nitro benzene ring substituents is 1. The Morgan fingerprint density at radius 2 is 1.83 bits per heavy atom. The van der Waals surface area contributed by atoms with Crippen molar-refractivity contribution in [3.8, 4) is 11.4 Å². The largest absolute Gasteiger partial charge is 0.456 e. The molecule has 0 atom stereocenters. The molecule has 10 nitrogen and oxygen atoms in total. The van der Waals surface area contributed by atoms with Gasteiger partial charge in [-0.1, -0.05) is 5.16 Å². The van der Waals surface area contributed by atoms with Crippen molar-refractivity contribution in [1.29, 1.82) is 0 Å². The first kappa shape index (κ1) is 20.6. The second kappa shape index (κ2) is 9.37. The third-order valence-electron chi connectivity index (χ3n) is 3.88. The Bertz CT molecular complexity index is 1050. The number of nitro groups is 1. The minimum Gasteiger partial charge on any atom is -0.456 e. The molecule has 1 N–H and O–H groups in total. The summed E-state index contributed by atoms with van der Waals surface area (Å²) in [5, 5.41) is 16.9. The normalized spacial score (nSPS) is 10.4. The van der Waals surface area contributed by atoms with Crippen LogP contribution >= 0.6 is 0 Å². The van der Waals surface area contributed by atoms with Crippen LogP contribution in [0.2, 0.25) is 0 Å². The molecule has 0 aliphatic rings. The Balaban J connectivity index is 1.41. The first-order chi connectivity index (χ1) is 14.4. The fourth-order valence-corrected chi connectivity index (χ4v) is 2.36. The van der Waals surface area contributed by atoms with Gasteiger partial charge in [0.15, 0.2) is 6.61 Å². The molecule has 0 saturated heterocycles. The van der Waals surface area contributed by atoms with Crippen LogP contribution in [-0.4, -0.2) is 33.5 Å². The summed E-state index contributed by atoms with van der Waals surface area (Å²) >= 11 is 0. The van der Waals surface area contributed by atoms with E-state index in [0.29, 0.717) is 5.56 Å². The monoisotopic (exact) mass is 414 g/mol. The second-order valence-corrected chi connectivity index (χ2v) is 5.99. The average molecular weight is 414 g/mol. The lowest BCUT2D eigenvalue weighted by atomic mass is 10.2. The van der Waals surface area contributed by atoms with E-state index in [-0.39, 0.29) is 42.5 Å². The van der Waals surface area contributed by atoms with Gasteiger partial charge in [0.25, 0.3) is 17.5 Å². The Labute approximate surface area is 168 Å². The highest BCUT2D eigenvalue weighted by Crippen LogP contribution is 2.16. The Morgan fingerprint density at radius 3 is 2.50 bits per heavy atom. The van der Waals surface area contributed by atoms with E-state index in [0.717, 1.165) is 0 Å². The number of benzene rings is 2. The van der Waals surface area contributed by atoms with E-state index in [2.05, 4.69) is 15.5 Å². The van der Waals surface area contributed by atoms with Gasteiger partial charge >= 0.3 is 5.97 Å². The first-order valence-electron chi connectivity index (χ1n) is 8.69. The summed E-state index contributed by atoms with van der Waals surface area (Å²) in [6.07, 6.45) is -0.0995. The Morgan fingerprint density at radius 1 is 1.13 bits per heavy atom. The predicted molar refractivity (Wildman–Crippen MR) is 99.5 cm³/mol. The minimum atomic E-state index is -0.597. The third kappa shape index (κ3) is 5.44. The second-order valence-electron chi connectivity index (χ2n) is 5.99. The fourth-order valence-electron chi connectivity index (χ4n) is 2.36. The number of nitrogens with one attached hydrogen (secondary N) is 1. The van der Waals surface area contributed by atoms with Gasteiger partial charge in [-0.3, -0.25) is 19.7 Å². The van der Waals surface area contributed by atoms with Gasteiger partial charge in [-0.05, 0) is 36.4 Å². The molecule has 3 rings (SSSR count). The van der Waals surface area contributed by atoms with Crippen molar-refractivity contribution in [1.82, 2.24) is 15.5 Å². The van der Waals surface area contributed by atoms with Crippen LogP contribution in [0.5, 0.6) is 0 Å². The zero-order chi connectivity index (χ0) is 21.5. The zero-order valence-electron chi connectivity index (χ0n) is 15.4. The molecule has 0 bridgehead atoms. The third-order valence-corrected chi connectivity index (χ3v) is 3.88. The summed E-state index contributed by atoms with van der Waals surface area (Å²) in [5.41, 5.74) is 0.651. The summed E-state index contributed by atoms with van der Waals surface area (Å²) in [6, 6.07) is 10.6. The molecule has 1 heterocycles. The van der Waals surface area contributed by atoms with Gasteiger partial charge < -0.3 is 14.6 Å². The number of carbonyl (C=O) groups is 2. The Hall–Kier alpha value is -4.15. The summed E-state index contributed by atoms with van der Waals surface area (Å²) in [5.74, 6) is -1.16. The van der Waals surface area contributed by atoms with Crippen LogP contribution in [0.4, 0.5) is 10.1 Å². The summed E-state index contributed by atoms with van der Waals surface area (Å²) < 4.78 is 22.9. The zero-order valence-corrected chi connectivity index (χ0v) is 15.4. The van der Waals surface area contributed by atoms with E-state index in [1.165, 1.54) is 48.5 Å². The lowest BCUT2D eigenvalue weighted by molar-refractivity contribution is -0.384. The maximum absolute atomic E-state index is 12.9. The molecule has 1 aromatic heterocycles. The average Bonchev–Trinajstić information content (AvgIpc) is 3.22. The van der Waals surface area contributed by atoms with Crippen molar-refractivity contribution in [2.24, 2.45) is 0 Å². The molecule has 0 radical (unpaired) electrons. The van der Waals surface area contributed by atoms with E-state index in [9.17, 15) is 24.1 Å². The SMILES string of the molecule is O=C(CCNC(=O)c1ccc([N+](=O)[O-])cc1)OCc1nc(-c2ccc(F)cc2)no1. The number of halogens is 1. The summed E-state index contributed by atoms with van der Waals surface area (Å²) in [7, 11) is 0. The Kier molecular flexibility index (Phi) is 6.42. The molecule has 0 fully saturated rings. The molecule has 0 spiro atoms. The van der Waals surface area contributed by atoms with Gasteiger partial charge in [0, 0.05) is 29.8 Å². The molecule has 0 aliphatic heterocycles. The van der Waals surface area contributed by atoms with Crippen molar-refractivity contribution in [3.63, 3.8) is 0 Å². The van der Waals surface area contributed by atoms with E-state index in [1.54, 1.807) is 0 Å². The molecular formula is C19H15FN4O6. The number of hydrogen-bond donors (Lipinski definition) is 1. The smallest absolute Gasteiger partial charge is 0.308 e. The van der Waals surface area contributed by atoms with Crippen molar-refractivity contribution >= 4 is 17.6 Å². The quantitative estimate of drug-likeness (QED) is 0.337. The molecule has 0 aliphatic carbocycles. The number of nitro benzene ring substituents is 1. The molecule has 30 heavy (non-hydrogen) atoms. The lowest BCUT2D eigenvalue weighted by Crippen LogP contribution is -2.26. The van der Waals surface area contributed by atoms with Crippen LogP contribution in [0.3, 0.4) is 0 Å². The van der Waals surface area contributed by atoms with Crippen molar-refractivity contribution in [2.75, 3.05) is 6.54 Å². The van der Waals surface area contributed by atoms with Crippen molar-refractivity contribution in [2.45, 2.75) is 13.0 Å². The van der Waals surface area contributed by atoms with Gasteiger partial charge in [-0.2, -0.15) is 4.98 Å². The molecule has 0 unspecified atom stereocenters. The van der Waals surface area contributed by atoms with Gasteiger partial charge in [-0.25, -0.2) is 4.39 Å². The van der Waals surface area contributed by atoms with Crippen LogP contribution in [0.15, 0.2) is 53.1 Å². The van der Waals surface area contributed by atoms with Crippen LogP contribution in [0, 0.1) is 15.9 Å². The van der Waals surface area contributed by atoms with Gasteiger partial charge in [-0.15, -0.1) is 0 Å². The van der Waals surface area contributed by atoms with E-state index in [1.807, 2.05) is 0 Å². The van der Waals surface area contributed by atoms with Crippen LogP contribution in [-0.2, 0) is 16.1 Å². The molecule has 0 saturated carbocycles. The maximum Gasteiger partial charge on any atom is 0.308 e. The van der Waals surface area contributed by atoms with Gasteiger partial charge in [0.1, 0.15) is 5.82 Å². The first-order valence-corrected chi connectivity index (χ1v) is 8.69. The number of esters is 1. The number of aromatic nitrogens is 2. The molecule has 1 amide bonds. The highest BCUT2D eigenvalue weighted by molar-refractivity contribution is 5.94. The summed E-state index contributed by atoms with van der Waals surface area (Å²) in [4.78, 5) is 37.8. The number of carbonyl (C=O) groups excluding carboxylic acids is 2. The number of rotatable bonds is 8. The lowest BCUT2D eigenvalue weighted by Gasteiger charge is -2.05. The predicted octanol–water partition coefficient (Wildman–Crippen LogP) is 2.65. The van der Waals surface area contributed by atoms with Gasteiger partial charge in [0.05, 0.1) is 11.3 Å². The van der Waals surface area contributed by atoms with Crippen molar-refractivity contribution < 1.29 is 28.2 Å². The van der Waals surface area contributed by atoms with E-state index < -0.39 is 22.6 Å². The number of hydrogen-bond acceptors (Lipinski definition) is 8. The van der Waals surface area contributed by atoms with Crippen LogP contribution < -0.4 is 5.32 Å². The molecule has 2 aromatic carbocycles. The van der Waals surface area contributed by atoms with Crippen LogP contribution in [0.25, 0.3) is 11.4 Å². The summed E-state index contributed by atoms with van der Waals surface area (Å²) in [6.45, 7) is -0.233. The number of amides is 1. The minimum absolute atomic E-state index is 0.0132. The molecular weight excluding hydrogens is 399 g/mol. The van der Waals surface area contributed by atoms with Gasteiger partial charge in [0.2, 0.25) is 5.82 Å². The van der Waals surface area contributed by atoms with E-state index in [4.69, 9.17) is 9.26 Å². The topological polar surface area (TPSA) is 137 Å². The standard InChI is InChI=1S/C19H15FN4O6/c20-14-5-1-12(2-6-14)18-22-16(30-23-18)11-29-17(25)9-10-21-19(26)13-3-7-15(8-4-13)24(27)28/h1-8H,9-11H2,(H,21,26). The van der Waals surface area contributed by atoms with Crippen molar-refractivity contribution in [3.05, 3.63) is 75.9 Å². The highest BCUT2D eigenvalue weighted by atomic mass is 19.1. The highest BCUT2D eigenvalue weighted by Gasteiger charge is 2.13. The number of ether oxygens (including phenoxy) is 1. The maximum atomic E-state index is 12.9. The van der Waals surface area contributed by atoms with E-state index >= 15 is 0 Å². The molecule has 11 heteroatoms.